The van der Waals surface area contributed by atoms with Gasteiger partial charge in [-0.25, -0.2) is 0 Å². The number of amides is 1. The molecule has 3 rings (SSSR count). The van der Waals surface area contributed by atoms with Crippen molar-refractivity contribution in [2.24, 2.45) is 10.2 Å². The zero-order chi connectivity index (χ0) is 18.9. The van der Waals surface area contributed by atoms with E-state index in [0.29, 0.717) is 0 Å². The zero-order valence-electron chi connectivity index (χ0n) is 13.1. The smallest absolute Gasteiger partial charge is 0.299 e. The van der Waals surface area contributed by atoms with Crippen LogP contribution in [0, 0.1) is 0 Å². The largest absolute Gasteiger partial charge is 0.507 e. The van der Waals surface area contributed by atoms with Crippen LogP contribution in [0.1, 0.15) is 10.4 Å². The highest BCUT2D eigenvalue weighted by Crippen LogP contribution is 2.39. The molecule has 0 atom stereocenters. The average molecular weight is 372 g/mol. The molecule has 3 aromatic carbocycles. The van der Waals surface area contributed by atoms with Gasteiger partial charge in [-0.15, -0.1) is 10.2 Å². The van der Waals surface area contributed by atoms with Crippen molar-refractivity contribution in [2.45, 2.75) is 4.90 Å². The van der Waals surface area contributed by atoms with Crippen molar-refractivity contribution in [2.75, 3.05) is 0 Å². The number of phenols is 2. The summed E-state index contributed by atoms with van der Waals surface area (Å²) in [6.07, 6.45) is 0. The number of rotatable bonds is 3. The normalized spacial score (nSPS) is 11.9. The molecule has 0 aliphatic rings. The third-order valence-corrected chi connectivity index (χ3v) is 4.51. The maximum absolute atomic E-state index is 12.0. The number of carbonyl (C=O) groups excluding carboxylic acids is 1. The molecule has 0 saturated carbocycles. The second kappa shape index (κ2) is 6.54. The molecular formula is C17H12N2O6S. The minimum absolute atomic E-state index is 0.0958. The van der Waals surface area contributed by atoms with Crippen LogP contribution in [0.25, 0.3) is 10.8 Å². The topological polar surface area (TPSA) is 137 Å². The van der Waals surface area contributed by atoms with E-state index in [2.05, 4.69) is 10.2 Å². The van der Waals surface area contributed by atoms with Crippen LogP contribution in [0.15, 0.2) is 69.7 Å². The number of carbonyl (C=O) groups is 1. The summed E-state index contributed by atoms with van der Waals surface area (Å²) in [5.41, 5.74) is -0.424. The van der Waals surface area contributed by atoms with Gasteiger partial charge in [0.2, 0.25) is 0 Å². The van der Waals surface area contributed by atoms with Crippen molar-refractivity contribution in [1.82, 2.24) is 0 Å². The molecule has 0 radical (unpaired) electrons. The van der Waals surface area contributed by atoms with Crippen LogP contribution in [0.3, 0.4) is 0 Å². The maximum Gasteiger partial charge on any atom is 0.299 e. The molecule has 0 fully saturated rings. The molecule has 0 heterocycles. The molecule has 3 aromatic rings. The van der Waals surface area contributed by atoms with Crippen LogP contribution in [0.2, 0.25) is 0 Å². The Hall–Kier alpha value is -3.30. The Morgan fingerprint density at radius 3 is 2.19 bits per heavy atom. The Morgan fingerprint density at radius 2 is 1.54 bits per heavy atom. The third-order valence-electron chi connectivity index (χ3n) is 3.62. The van der Waals surface area contributed by atoms with Gasteiger partial charge in [0.05, 0.1) is 5.56 Å². The Balaban J connectivity index is 2.13. The summed E-state index contributed by atoms with van der Waals surface area (Å²) in [5, 5.41) is 27.1. The van der Waals surface area contributed by atoms with Crippen molar-refractivity contribution in [3.63, 3.8) is 0 Å². The second-order valence-electron chi connectivity index (χ2n) is 5.29. The van der Waals surface area contributed by atoms with Crippen molar-refractivity contribution in [1.29, 1.82) is 0 Å². The Bertz CT molecular complexity index is 1160. The standard InChI is InChI=1S/C17H12N2O6S/c20-14-8-4-3-7-12(14)17(22)19-18-13-9-15(26(23,24)25)10-5-1-2-6-11(10)16(13)21/h1-9,20-21H,(H,23,24,25). The first-order chi connectivity index (χ1) is 12.3. The van der Waals surface area contributed by atoms with E-state index in [9.17, 15) is 28.0 Å². The number of nitrogens with zero attached hydrogens (tertiary/aromatic N) is 2. The summed E-state index contributed by atoms with van der Waals surface area (Å²) in [5.74, 6) is -1.58. The van der Waals surface area contributed by atoms with Crippen LogP contribution in [-0.2, 0) is 10.1 Å². The van der Waals surface area contributed by atoms with E-state index < -0.39 is 26.7 Å². The monoisotopic (exact) mass is 372 g/mol. The lowest BCUT2D eigenvalue weighted by atomic mass is 10.1. The summed E-state index contributed by atoms with van der Waals surface area (Å²) >= 11 is 0. The fourth-order valence-corrected chi connectivity index (χ4v) is 3.13. The van der Waals surface area contributed by atoms with Gasteiger partial charge in [-0.05, 0) is 18.2 Å². The molecular weight excluding hydrogens is 360 g/mol. The predicted molar refractivity (Wildman–Crippen MR) is 92.4 cm³/mol. The van der Waals surface area contributed by atoms with E-state index in [1.54, 1.807) is 12.1 Å². The van der Waals surface area contributed by atoms with Crippen LogP contribution < -0.4 is 0 Å². The van der Waals surface area contributed by atoms with E-state index in [1.807, 2.05) is 0 Å². The Morgan fingerprint density at radius 1 is 0.923 bits per heavy atom. The highest BCUT2D eigenvalue weighted by atomic mass is 32.2. The molecule has 8 nitrogen and oxygen atoms in total. The van der Waals surface area contributed by atoms with E-state index in [1.165, 1.54) is 36.4 Å². The first kappa shape index (κ1) is 17.5. The zero-order valence-corrected chi connectivity index (χ0v) is 13.9. The summed E-state index contributed by atoms with van der Waals surface area (Å²) in [7, 11) is -4.60. The SMILES string of the molecule is O=C(N=Nc1cc(S(=O)(=O)O)c2ccccc2c1O)c1ccccc1O. The minimum Gasteiger partial charge on any atom is -0.507 e. The molecule has 9 heteroatoms. The first-order valence-corrected chi connectivity index (χ1v) is 8.69. The van der Waals surface area contributed by atoms with Gasteiger partial charge in [-0.1, -0.05) is 36.4 Å². The van der Waals surface area contributed by atoms with Gasteiger partial charge >= 0.3 is 0 Å². The average Bonchev–Trinajstić information content (AvgIpc) is 2.60. The molecule has 0 aliphatic carbocycles. The van der Waals surface area contributed by atoms with Gasteiger partial charge in [-0.3, -0.25) is 9.35 Å². The molecule has 1 amide bonds. The molecule has 0 aromatic heterocycles. The number of fused-ring (bicyclic) bond motifs is 1. The Labute approximate surface area is 147 Å². The summed E-state index contributed by atoms with van der Waals surface area (Å²) in [4.78, 5) is 11.5. The molecule has 0 saturated heterocycles. The lowest BCUT2D eigenvalue weighted by Gasteiger charge is -2.08. The number of para-hydroxylation sites is 1. The highest BCUT2D eigenvalue weighted by molar-refractivity contribution is 7.86. The lowest BCUT2D eigenvalue weighted by Crippen LogP contribution is -1.99. The second-order valence-corrected chi connectivity index (χ2v) is 6.68. The quantitative estimate of drug-likeness (QED) is 0.476. The third kappa shape index (κ3) is 3.25. The van der Waals surface area contributed by atoms with E-state index in [4.69, 9.17) is 0 Å². The molecule has 0 bridgehead atoms. The maximum atomic E-state index is 12.0. The predicted octanol–water partition coefficient (Wildman–Crippen LogP) is 3.42. The molecule has 3 N–H and O–H groups in total. The Kier molecular flexibility index (Phi) is 4.41. The molecule has 0 spiro atoms. The van der Waals surface area contributed by atoms with Crippen LogP contribution >= 0.6 is 0 Å². The van der Waals surface area contributed by atoms with Gasteiger partial charge in [0.25, 0.3) is 16.0 Å². The fourth-order valence-electron chi connectivity index (χ4n) is 2.41. The van der Waals surface area contributed by atoms with E-state index >= 15 is 0 Å². The molecule has 26 heavy (non-hydrogen) atoms. The van der Waals surface area contributed by atoms with Gasteiger partial charge in [0.1, 0.15) is 16.3 Å². The van der Waals surface area contributed by atoms with Gasteiger partial charge < -0.3 is 10.2 Å². The molecule has 0 aliphatic heterocycles. The fraction of sp³-hybridized carbons (Fsp3) is 0. The molecule has 0 unspecified atom stereocenters. The lowest BCUT2D eigenvalue weighted by molar-refractivity contribution is 0.0992. The van der Waals surface area contributed by atoms with Crippen LogP contribution in [-0.4, -0.2) is 29.1 Å². The highest BCUT2D eigenvalue weighted by Gasteiger charge is 2.19. The summed E-state index contributed by atoms with van der Waals surface area (Å²) in [6.45, 7) is 0. The number of hydrogen-bond acceptors (Lipinski definition) is 6. The van der Waals surface area contributed by atoms with Crippen molar-refractivity contribution < 1.29 is 28.0 Å². The summed E-state index contributed by atoms with van der Waals surface area (Å²) < 4.78 is 32.6. The number of benzene rings is 3. The van der Waals surface area contributed by atoms with E-state index in [0.717, 1.165) is 6.07 Å². The number of azo groups is 1. The van der Waals surface area contributed by atoms with Crippen LogP contribution in [0.5, 0.6) is 11.5 Å². The van der Waals surface area contributed by atoms with E-state index in [-0.39, 0.29) is 27.8 Å². The van der Waals surface area contributed by atoms with Crippen LogP contribution in [0.4, 0.5) is 5.69 Å². The number of phenolic OH excluding ortho intramolecular Hbond substituents is 2. The van der Waals surface area contributed by atoms with Crippen molar-refractivity contribution in [3.8, 4) is 11.5 Å². The number of aromatic hydroxyl groups is 2. The first-order valence-electron chi connectivity index (χ1n) is 7.25. The van der Waals surface area contributed by atoms with Gasteiger partial charge in [0.15, 0.2) is 5.75 Å². The van der Waals surface area contributed by atoms with Gasteiger partial charge in [0, 0.05) is 10.8 Å². The number of hydrogen-bond donors (Lipinski definition) is 3. The van der Waals surface area contributed by atoms with Crippen molar-refractivity contribution >= 4 is 32.5 Å². The van der Waals surface area contributed by atoms with Crippen molar-refractivity contribution in [3.05, 3.63) is 60.2 Å². The van der Waals surface area contributed by atoms with Gasteiger partial charge in [-0.2, -0.15) is 8.42 Å². The summed E-state index contributed by atoms with van der Waals surface area (Å²) in [6, 6.07) is 12.5. The minimum atomic E-state index is -4.60. The molecule has 132 valence electrons.